The molecule has 2 aromatic carbocycles. The number of phenolic OH excluding ortho intramolecular Hbond substituents is 1. The molecule has 0 aromatic heterocycles. The van der Waals surface area contributed by atoms with Crippen LogP contribution in [-0.4, -0.2) is 42.0 Å². The lowest BCUT2D eigenvalue weighted by Gasteiger charge is -2.21. The topological polar surface area (TPSA) is 100 Å². The molecule has 2 aromatic rings. The molecule has 29 heavy (non-hydrogen) atoms. The molecule has 1 saturated heterocycles. The van der Waals surface area contributed by atoms with Crippen LogP contribution >= 0.6 is 11.6 Å². The molecule has 0 spiro atoms. The lowest BCUT2D eigenvalue weighted by Crippen LogP contribution is -2.40. The highest BCUT2D eigenvalue weighted by atomic mass is 35.5. The third-order valence-corrected chi connectivity index (χ3v) is 4.80. The number of imide groups is 1. The van der Waals surface area contributed by atoms with Gasteiger partial charge in [-0.3, -0.25) is 4.79 Å². The molecule has 152 valence electrons. The van der Waals surface area contributed by atoms with Crippen LogP contribution in [0.5, 0.6) is 17.2 Å². The van der Waals surface area contributed by atoms with Gasteiger partial charge in [0.2, 0.25) is 0 Å². The van der Waals surface area contributed by atoms with Crippen LogP contribution in [-0.2, 0) is 10.3 Å². The van der Waals surface area contributed by atoms with Crippen LogP contribution in [0.3, 0.4) is 0 Å². The molecule has 9 heteroatoms. The number of nitrogens with one attached hydrogen (secondary N) is 1. The average Bonchev–Trinajstić information content (AvgIpc) is 2.93. The quantitative estimate of drug-likeness (QED) is 0.555. The number of carbonyl (C=O) groups excluding carboxylic acids is 2. The Kier molecular flexibility index (Phi) is 5.65. The van der Waals surface area contributed by atoms with Gasteiger partial charge in [-0.25, -0.2) is 4.79 Å². The summed E-state index contributed by atoms with van der Waals surface area (Å²) in [5, 5.41) is 17.4. The molecule has 1 atom stereocenters. The van der Waals surface area contributed by atoms with Crippen molar-refractivity contribution < 1.29 is 24.2 Å². The molecule has 3 rings (SSSR count). The van der Waals surface area contributed by atoms with Gasteiger partial charge in [-0.15, -0.1) is 5.01 Å². The highest BCUT2D eigenvalue weighted by Gasteiger charge is 2.49. The number of aromatic hydroxyl groups is 1. The number of hydrazone groups is 1. The summed E-state index contributed by atoms with van der Waals surface area (Å²) in [5.41, 5.74) is -0.209. The van der Waals surface area contributed by atoms with E-state index in [1.807, 2.05) is 0 Å². The van der Waals surface area contributed by atoms with Crippen molar-refractivity contribution in [2.75, 3.05) is 13.7 Å². The lowest BCUT2D eigenvalue weighted by molar-refractivity contribution is -0.131. The summed E-state index contributed by atoms with van der Waals surface area (Å²) in [4.78, 5) is 25.3. The largest absolute Gasteiger partial charge is 0.503 e. The number of halogens is 1. The van der Waals surface area contributed by atoms with Crippen LogP contribution in [0.25, 0.3) is 0 Å². The lowest BCUT2D eigenvalue weighted by atomic mass is 9.92. The molecule has 0 radical (unpaired) electrons. The van der Waals surface area contributed by atoms with Gasteiger partial charge in [0.05, 0.1) is 25.0 Å². The molecular weight excluding hydrogens is 398 g/mol. The van der Waals surface area contributed by atoms with E-state index in [1.165, 1.54) is 18.3 Å². The maximum Gasteiger partial charge on any atom is 0.346 e. The van der Waals surface area contributed by atoms with Crippen LogP contribution in [0.2, 0.25) is 5.02 Å². The molecule has 1 heterocycles. The van der Waals surface area contributed by atoms with Crippen molar-refractivity contribution in [2.24, 2.45) is 5.10 Å². The van der Waals surface area contributed by atoms with Gasteiger partial charge in [0, 0.05) is 0 Å². The number of ether oxygens (including phenoxy) is 2. The Bertz CT molecular complexity index is 977. The molecule has 0 saturated carbocycles. The molecule has 3 amide bonds. The predicted octanol–water partition coefficient (Wildman–Crippen LogP) is 3.25. The monoisotopic (exact) mass is 417 g/mol. The van der Waals surface area contributed by atoms with Crippen molar-refractivity contribution >= 4 is 29.8 Å². The van der Waals surface area contributed by atoms with Crippen molar-refractivity contribution in [2.45, 2.75) is 19.4 Å². The summed E-state index contributed by atoms with van der Waals surface area (Å²) in [5.74, 6) is 0.103. The van der Waals surface area contributed by atoms with Gasteiger partial charge >= 0.3 is 6.03 Å². The molecule has 8 nitrogen and oxygen atoms in total. The number of benzene rings is 2. The Hall–Kier alpha value is -3.26. The Balaban J connectivity index is 1.86. The first kappa shape index (κ1) is 20.5. The number of nitrogens with zero attached hydrogens (tertiary/aromatic N) is 2. The standard InChI is InChI=1S/C20H20ClN3O5/c1-4-29-16-10-12(9-15(21)17(16)25)11-22-24-18(26)20(2,23-19(24)27)13-5-7-14(28-3)8-6-13/h5-11,25H,4H2,1-3H3,(H,23,27)/b22-11+/t20-/m1/s1. The van der Waals surface area contributed by atoms with Crippen molar-refractivity contribution in [1.82, 2.24) is 10.3 Å². The number of urea groups is 1. The summed E-state index contributed by atoms with van der Waals surface area (Å²) in [6, 6.07) is 9.13. The van der Waals surface area contributed by atoms with E-state index in [-0.39, 0.29) is 16.5 Å². The van der Waals surface area contributed by atoms with Gasteiger partial charge < -0.3 is 19.9 Å². The number of methoxy groups -OCH3 is 1. The second kappa shape index (κ2) is 8.00. The van der Waals surface area contributed by atoms with Crippen LogP contribution < -0.4 is 14.8 Å². The molecule has 1 aliphatic rings. The highest BCUT2D eigenvalue weighted by Crippen LogP contribution is 2.35. The zero-order valence-corrected chi connectivity index (χ0v) is 16.9. The zero-order valence-electron chi connectivity index (χ0n) is 16.1. The number of hydrogen-bond donors (Lipinski definition) is 2. The minimum atomic E-state index is -1.26. The Morgan fingerprint density at radius 2 is 1.97 bits per heavy atom. The van der Waals surface area contributed by atoms with Crippen molar-refractivity contribution in [3.05, 3.63) is 52.5 Å². The smallest absolute Gasteiger partial charge is 0.346 e. The zero-order chi connectivity index (χ0) is 21.2. The second-order valence-electron chi connectivity index (χ2n) is 6.43. The molecule has 2 N–H and O–H groups in total. The number of amides is 3. The maximum absolute atomic E-state index is 12.9. The fourth-order valence-electron chi connectivity index (χ4n) is 2.91. The summed E-state index contributed by atoms with van der Waals surface area (Å²) in [6.45, 7) is 3.70. The van der Waals surface area contributed by atoms with Crippen LogP contribution in [0.1, 0.15) is 25.0 Å². The molecule has 0 unspecified atom stereocenters. The van der Waals surface area contributed by atoms with Gasteiger partial charge in [-0.2, -0.15) is 5.10 Å². The molecule has 0 bridgehead atoms. The van der Waals surface area contributed by atoms with E-state index < -0.39 is 17.5 Å². The van der Waals surface area contributed by atoms with E-state index in [4.69, 9.17) is 21.1 Å². The molecular formula is C20H20ClN3O5. The van der Waals surface area contributed by atoms with Gasteiger partial charge in [0.25, 0.3) is 5.91 Å². The third kappa shape index (κ3) is 3.84. The molecule has 1 fully saturated rings. The first-order chi connectivity index (χ1) is 13.8. The van der Waals surface area contributed by atoms with Crippen LogP contribution in [0, 0.1) is 0 Å². The van der Waals surface area contributed by atoms with E-state index in [9.17, 15) is 14.7 Å². The fraction of sp³-hybridized carbons (Fsp3) is 0.250. The second-order valence-corrected chi connectivity index (χ2v) is 6.83. The summed E-state index contributed by atoms with van der Waals surface area (Å²) >= 11 is 6.00. The van der Waals surface area contributed by atoms with E-state index in [0.29, 0.717) is 23.5 Å². The summed E-state index contributed by atoms with van der Waals surface area (Å²) in [7, 11) is 1.54. The number of phenols is 1. The van der Waals surface area contributed by atoms with Gasteiger partial charge in [-0.05, 0) is 49.2 Å². The number of rotatable bonds is 6. The number of carbonyl (C=O) groups is 2. The van der Waals surface area contributed by atoms with Crippen molar-refractivity contribution in [3.63, 3.8) is 0 Å². The average molecular weight is 418 g/mol. The predicted molar refractivity (Wildman–Crippen MR) is 108 cm³/mol. The number of hydrogen-bond acceptors (Lipinski definition) is 6. The van der Waals surface area contributed by atoms with Gasteiger partial charge in [-0.1, -0.05) is 23.7 Å². The van der Waals surface area contributed by atoms with Crippen LogP contribution in [0.15, 0.2) is 41.5 Å². The summed E-state index contributed by atoms with van der Waals surface area (Å²) in [6.07, 6.45) is 1.30. The van der Waals surface area contributed by atoms with E-state index in [2.05, 4.69) is 10.4 Å². The molecule has 1 aliphatic heterocycles. The van der Waals surface area contributed by atoms with E-state index in [0.717, 1.165) is 5.01 Å². The normalized spacial score (nSPS) is 19.0. The van der Waals surface area contributed by atoms with Crippen molar-refractivity contribution in [1.29, 1.82) is 0 Å². The fourth-order valence-corrected chi connectivity index (χ4v) is 3.13. The Morgan fingerprint density at radius 1 is 1.28 bits per heavy atom. The third-order valence-electron chi connectivity index (χ3n) is 4.51. The van der Waals surface area contributed by atoms with E-state index >= 15 is 0 Å². The Labute approximate surface area is 172 Å². The first-order valence-electron chi connectivity index (χ1n) is 8.80. The van der Waals surface area contributed by atoms with Gasteiger partial charge in [0.1, 0.15) is 11.3 Å². The minimum absolute atomic E-state index is 0.0673. The van der Waals surface area contributed by atoms with Crippen molar-refractivity contribution in [3.8, 4) is 17.2 Å². The van der Waals surface area contributed by atoms with Crippen LogP contribution in [0.4, 0.5) is 4.79 Å². The maximum atomic E-state index is 12.9. The molecule has 0 aliphatic carbocycles. The Morgan fingerprint density at radius 3 is 2.59 bits per heavy atom. The van der Waals surface area contributed by atoms with E-state index in [1.54, 1.807) is 45.2 Å². The first-order valence-corrected chi connectivity index (χ1v) is 9.18. The SMILES string of the molecule is CCOc1cc(/C=N/N2C(=O)N[C@](C)(c3ccc(OC)cc3)C2=O)cc(Cl)c1O. The highest BCUT2D eigenvalue weighted by molar-refractivity contribution is 6.32. The minimum Gasteiger partial charge on any atom is -0.503 e. The van der Waals surface area contributed by atoms with Gasteiger partial charge in [0.15, 0.2) is 11.5 Å². The summed E-state index contributed by atoms with van der Waals surface area (Å²) < 4.78 is 10.4.